The molecule has 1 aromatic rings. The Hall–Kier alpha value is -1.39. The van der Waals surface area contributed by atoms with Crippen molar-refractivity contribution in [3.05, 3.63) is 35.9 Å². The Morgan fingerprint density at radius 1 is 1.04 bits per heavy atom. The van der Waals surface area contributed by atoms with E-state index in [9.17, 15) is 9.90 Å². The van der Waals surface area contributed by atoms with Crippen LogP contribution in [0.2, 0.25) is 0 Å². The minimum absolute atomic E-state index is 0.0513. The van der Waals surface area contributed by atoms with Crippen molar-refractivity contribution in [1.82, 2.24) is 5.32 Å². The Kier molecular flexibility index (Phi) is 4.37. The van der Waals surface area contributed by atoms with Gasteiger partial charge in [0.05, 0.1) is 5.41 Å². The van der Waals surface area contributed by atoms with Crippen LogP contribution in [0, 0.1) is 16.7 Å². The van der Waals surface area contributed by atoms with Crippen LogP contribution in [0.3, 0.4) is 0 Å². The van der Waals surface area contributed by atoms with Crippen molar-refractivity contribution in [2.45, 2.75) is 81.7 Å². The normalized spacial score (nSPS) is 44.4. The van der Waals surface area contributed by atoms with Crippen LogP contribution in [0.4, 0.5) is 0 Å². The van der Waals surface area contributed by atoms with E-state index in [4.69, 9.17) is 5.73 Å². The Morgan fingerprint density at radius 2 is 1.79 bits per heavy atom. The lowest BCUT2D eigenvalue weighted by atomic mass is 9.38. The number of aliphatic hydroxyl groups is 1. The predicted octanol–water partition coefficient (Wildman–Crippen LogP) is 3.27. The van der Waals surface area contributed by atoms with Crippen molar-refractivity contribution in [3.8, 4) is 0 Å². The molecule has 0 aromatic heterocycles. The van der Waals surface area contributed by atoms with Gasteiger partial charge in [-0.15, -0.1) is 0 Å². The zero-order valence-electron chi connectivity index (χ0n) is 16.8. The molecule has 5 fully saturated rings. The van der Waals surface area contributed by atoms with E-state index in [1.165, 1.54) is 12.0 Å². The fraction of sp³-hybridized carbons (Fsp3) is 0.708. The van der Waals surface area contributed by atoms with E-state index in [2.05, 4.69) is 35.6 Å². The molecule has 1 aromatic carbocycles. The second kappa shape index (κ2) is 6.56. The van der Waals surface area contributed by atoms with Gasteiger partial charge in [-0.3, -0.25) is 4.79 Å². The molecule has 4 atom stereocenters. The molecule has 5 aliphatic rings. The minimum Gasteiger partial charge on any atom is -0.396 e. The quantitative estimate of drug-likeness (QED) is 0.748. The summed E-state index contributed by atoms with van der Waals surface area (Å²) in [6, 6.07) is 11.4. The fourth-order valence-electron chi connectivity index (χ4n) is 7.78. The molecule has 152 valence electrons. The summed E-state index contributed by atoms with van der Waals surface area (Å²) >= 11 is 0. The van der Waals surface area contributed by atoms with Gasteiger partial charge in [0.1, 0.15) is 0 Å². The molecule has 4 heteroatoms. The van der Waals surface area contributed by atoms with Crippen molar-refractivity contribution in [2.75, 3.05) is 6.61 Å². The van der Waals surface area contributed by atoms with E-state index in [0.29, 0.717) is 12.0 Å². The number of benzene rings is 1. The number of rotatable bonds is 4. The number of amides is 1. The Labute approximate surface area is 168 Å². The highest BCUT2D eigenvalue weighted by Gasteiger charge is 2.65. The molecule has 0 radical (unpaired) electrons. The summed E-state index contributed by atoms with van der Waals surface area (Å²) < 4.78 is 0. The van der Waals surface area contributed by atoms with Gasteiger partial charge in [0, 0.05) is 18.7 Å². The van der Waals surface area contributed by atoms with E-state index >= 15 is 0 Å². The van der Waals surface area contributed by atoms with Gasteiger partial charge in [-0.05, 0) is 86.5 Å². The predicted molar refractivity (Wildman–Crippen MR) is 110 cm³/mol. The lowest BCUT2D eigenvalue weighted by Gasteiger charge is -2.66. The first kappa shape index (κ1) is 18.6. The monoisotopic (exact) mass is 382 g/mol. The molecule has 4 nitrogen and oxygen atoms in total. The first-order valence-electron chi connectivity index (χ1n) is 11.2. The molecule has 6 rings (SSSR count). The standard InChI is InChI=1S/C24H34N2O2/c25-19-6-8-20(9-7-19)26-21(28)24-12-17-10-22(14-24,16-27)13-23(11-17,15-24)18-4-2-1-3-5-18/h1-5,17,19-20,27H,6-16,25H2,(H,26,28)/t17?,19-,20-,22?,23?,24?. The Bertz CT molecular complexity index is 744. The summed E-state index contributed by atoms with van der Waals surface area (Å²) in [5, 5.41) is 13.8. The number of hydrogen-bond acceptors (Lipinski definition) is 3. The molecule has 0 saturated heterocycles. The number of carbonyl (C=O) groups is 1. The van der Waals surface area contributed by atoms with Crippen molar-refractivity contribution >= 4 is 5.91 Å². The smallest absolute Gasteiger partial charge is 0.226 e. The first-order chi connectivity index (χ1) is 13.5. The maximum atomic E-state index is 13.7. The molecule has 4 bridgehead atoms. The van der Waals surface area contributed by atoms with E-state index in [0.717, 1.165) is 57.8 Å². The summed E-state index contributed by atoms with van der Waals surface area (Å²) in [7, 11) is 0. The Morgan fingerprint density at radius 3 is 2.50 bits per heavy atom. The van der Waals surface area contributed by atoms with Crippen molar-refractivity contribution in [1.29, 1.82) is 0 Å². The highest BCUT2D eigenvalue weighted by atomic mass is 16.3. The maximum absolute atomic E-state index is 13.7. The number of nitrogens with two attached hydrogens (primary N) is 1. The van der Waals surface area contributed by atoms with Gasteiger partial charge < -0.3 is 16.2 Å². The van der Waals surface area contributed by atoms with Crippen LogP contribution in [0.1, 0.15) is 69.8 Å². The summed E-state index contributed by atoms with van der Waals surface area (Å²) in [5.74, 6) is 0.810. The number of carbonyl (C=O) groups excluding carboxylic acids is 1. The highest BCUT2D eigenvalue weighted by molar-refractivity contribution is 5.84. The second-order valence-corrected chi connectivity index (χ2v) is 10.7. The zero-order chi connectivity index (χ0) is 19.4. The maximum Gasteiger partial charge on any atom is 0.226 e. The average Bonchev–Trinajstić information content (AvgIpc) is 2.69. The van der Waals surface area contributed by atoms with E-state index in [1.807, 2.05) is 0 Å². The van der Waals surface area contributed by atoms with Crippen LogP contribution in [0.15, 0.2) is 30.3 Å². The molecular formula is C24H34N2O2. The summed E-state index contributed by atoms with van der Waals surface area (Å²) in [5.41, 5.74) is 7.09. The largest absolute Gasteiger partial charge is 0.396 e. The van der Waals surface area contributed by atoms with Gasteiger partial charge >= 0.3 is 0 Å². The van der Waals surface area contributed by atoms with Gasteiger partial charge in [-0.1, -0.05) is 30.3 Å². The summed E-state index contributed by atoms with van der Waals surface area (Å²) in [6.07, 6.45) is 10.1. The molecule has 5 aliphatic carbocycles. The summed E-state index contributed by atoms with van der Waals surface area (Å²) in [4.78, 5) is 13.7. The third-order valence-corrected chi connectivity index (χ3v) is 8.49. The number of hydrogen-bond donors (Lipinski definition) is 3. The van der Waals surface area contributed by atoms with Crippen LogP contribution in [0.5, 0.6) is 0 Å². The second-order valence-electron chi connectivity index (χ2n) is 10.7. The average molecular weight is 383 g/mol. The topological polar surface area (TPSA) is 75.3 Å². The number of aliphatic hydroxyl groups excluding tert-OH is 1. The lowest BCUT2D eigenvalue weighted by Crippen LogP contribution is -2.64. The molecule has 0 spiro atoms. The van der Waals surface area contributed by atoms with Crippen LogP contribution in [-0.4, -0.2) is 29.7 Å². The molecule has 0 heterocycles. The van der Waals surface area contributed by atoms with E-state index in [1.54, 1.807) is 0 Å². The van der Waals surface area contributed by atoms with Gasteiger partial charge in [0.2, 0.25) is 5.91 Å². The molecule has 5 saturated carbocycles. The molecule has 28 heavy (non-hydrogen) atoms. The summed E-state index contributed by atoms with van der Waals surface area (Å²) in [6.45, 7) is 0.214. The molecule has 4 N–H and O–H groups in total. The van der Waals surface area contributed by atoms with Crippen LogP contribution < -0.4 is 11.1 Å². The molecule has 4 unspecified atom stereocenters. The van der Waals surface area contributed by atoms with E-state index in [-0.39, 0.29) is 34.8 Å². The molecule has 1 amide bonds. The third kappa shape index (κ3) is 2.91. The highest BCUT2D eigenvalue weighted by Crippen LogP contribution is 2.70. The van der Waals surface area contributed by atoms with Gasteiger partial charge in [0.25, 0.3) is 0 Å². The van der Waals surface area contributed by atoms with Crippen LogP contribution >= 0.6 is 0 Å². The van der Waals surface area contributed by atoms with Crippen molar-refractivity contribution < 1.29 is 9.90 Å². The lowest BCUT2D eigenvalue weighted by molar-refractivity contribution is -0.169. The SMILES string of the molecule is N[C@H]1CC[C@H](NC(=O)C23CC4CC(CO)(C2)CC(c2ccccc2)(C4)C3)CC1. The van der Waals surface area contributed by atoms with Crippen LogP contribution in [0.25, 0.3) is 0 Å². The Balaban J connectivity index is 1.45. The molecular weight excluding hydrogens is 348 g/mol. The van der Waals surface area contributed by atoms with Crippen molar-refractivity contribution in [3.63, 3.8) is 0 Å². The van der Waals surface area contributed by atoms with Crippen molar-refractivity contribution in [2.24, 2.45) is 22.5 Å². The number of nitrogens with one attached hydrogen (secondary N) is 1. The van der Waals surface area contributed by atoms with E-state index < -0.39 is 0 Å². The van der Waals surface area contributed by atoms with Gasteiger partial charge in [0.15, 0.2) is 0 Å². The third-order valence-electron chi connectivity index (χ3n) is 8.49. The molecule has 0 aliphatic heterocycles. The fourth-order valence-corrected chi connectivity index (χ4v) is 7.78. The van der Waals surface area contributed by atoms with Gasteiger partial charge in [-0.25, -0.2) is 0 Å². The van der Waals surface area contributed by atoms with Crippen LogP contribution in [-0.2, 0) is 10.2 Å². The minimum atomic E-state index is -0.308. The van der Waals surface area contributed by atoms with Gasteiger partial charge in [-0.2, -0.15) is 0 Å². The zero-order valence-corrected chi connectivity index (χ0v) is 16.8. The first-order valence-corrected chi connectivity index (χ1v) is 11.2.